The summed E-state index contributed by atoms with van der Waals surface area (Å²) in [6.07, 6.45) is 3.31. The molecule has 2 aromatic heterocycles. The Bertz CT molecular complexity index is 1330. The van der Waals surface area contributed by atoms with Gasteiger partial charge in [-0.1, -0.05) is 26.8 Å². The molecule has 170 valence electrons. The summed E-state index contributed by atoms with van der Waals surface area (Å²) in [5.41, 5.74) is 1.12. The highest BCUT2D eigenvalue weighted by Crippen LogP contribution is 2.42. The van der Waals surface area contributed by atoms with Crippen molar-refractivity contribution in [3.05, 3.63) is 83.4 Å². The van der Waals surface area contributed by atoms with Gasteiger partial charge in [0.15, 0.2) is 16.8 Å². The molecule has 9 heteroatoms. The maximum absolute atomic E-state index is 15.6. The van der Waals surface area contributed by atoms with E-state index in [1.54, 1.807) is 24.5 Å². The van der Waals surface area contributed by atoms with Crippen molar-refractivity contribution in [3.63, 3.8) is 0 Å². The standard InChI is InChI=1S/C24H20F3N3OS2/c1-24(2,3)23-29-21(22(32-23)14-9-11-28-12-10-14)16-5-4-6-18(20(16)27)30-33(31)19-13-15(25)7-8-17(19)26/h4-13,30H,1-3H3. The maximum Gasteiger partial charge on any atom is 0.156 e. The molecule has 0 bridgehead atoms. The van der Waals surface area contributed by atoms with Gasteiger partial charge in [0.1, 0.15) is 11.6 Å². The Labute approximate surface area is 196 Å². The van der Waals surface area contributed by atoms with Crippen LogP contribution in [-0.2, 0) is 16.4 Å². The zero-order valence-corrected chi connectivity index (χ0v) is 19.7. The second kappa shape index (κ2) is 9.07. The van der Waals surface area contributed by atoms with E-state index in [9.17, 15) is 13.0 Å². The van der Waals surface area contributed by atoms with Gasteiger partial charge in [-0.25, -0.2) is 22.4 Å². The lowest BCUT2D eigenvalue weighted by Crippen LogP contribution is -2.10. The van der Waals surface area contributed by atoms with Gasteiger partial charge in [0.05, 0.1) is 26.2 Å². The third-order valence-electron chi connectivity index (χ3n) is 4.76. The summed E-state index contributed by atoms with van der Waals surface area (Å²) in [6, 6.07) is 10.8. The second-order valence-electron chi connectivity index (χ2n) is 8.30. The molecule has 33 heavy (non-hydrogen) atoms. The highest BCUT2D eigenvalue weighted by atomic mass is 32.2. The van der Waals surface area contributed by atoms with Gasteiger partial charge in [0.2, 0.25) is 0 Å². The molecule has 4 aromatic rings. The molecular formula is C24H20F3N3OS2. The summed E-state index contributed by atoms with van der Waals surface area (Å²) in [5, 5.41) is 0.826. The van der Waals surface area contributed by atoms with E-state index in [4.69, 9.17) is 4.98 Å². The number of thiazole rings is 1. The van der Waals surface area contributed by atoms with Crippen LogP contribution < -0.4 is 4.72 Å². The molecule has 2 aromatic carbocycles. The zero-order valence-electron chi connectivity index (χ0n) is 18.0. The number of halogens is 3. The predicted molar refractivity (Wildman–Crippen MR) is 126 cm³/mol. The second-order valence-corrected chi connectivity index (χ2v) is 10.5. The first-order chi connectivity index (χ1) is 15.6. The van der Waals surface area contributed by atoms with Crippen molar-refractivity contribution in [2.24, 2.45) is 0 Å². The number of hydrogen-bond donors (Lipinski definition) is 1. The maximum atomic E-state index is 15.6. The van der Waals surface area contributed by atoms with E-state index in [0.717, 1.165) is 33.6 Å². The number of hydrogen-bond acceptors (Lipinski definition) is 4. The highest BCUT2D eigenvalue weighted by Gasteiger charge is 2.25. The Balaban J connectivity index is 1.79. The molecular weight excluding hydrogens is 467 g/mol. The van der Waals surface area contributed by atoms with Crippen molar-refractivity contribution in [2.45, 2.75) is 31.1 Å². The fourth-order valence-electron chi connectivity index (χ4n) is 3.09. The van der Waals surface area contributed by atoms with Crippen LogP contribution in [0.5, 0.6) is 0 Å². The molecule has 0 aliphatic carbocycles. The van der Waals surface area contributed by atoms with Crippen molar-refractivity contribution in [1.29, 1.82) is 0 Å². The summed E-state index contributed by atoms with van der Waals surface area (Å²) in [6.45, 7) is 6.07. The number of rotatable bonds is 5. The quantitative estimate of drug-likeness (QED) is 0.340. The van der Waals surface area contributed by atoms with Gasteiger partial charge in [-0.2, -0.15) is 0 Å². The molecule has 4 nitrogen and oxygen atoms in total. The molecule has 0 amide bonds. The van der Waals surface area contributed by atoms with Crippen LogP contribution in [0.4, 0.5) is 18.9 Å². The number of anilines is 1. The molecule has 4 rings (SSSR count). The Kier molecular flexibility index (Phi) is 6.36. The Morgan fingerprint density at radius 3 is 2.42 bits per heavy atom. The number of pyridine rings is 1. The van der Waals surface area contributed by atoms with Gasteiger partial charge >= 0.3 is 0 Å². The van der Waals surface area contributed by atoms with E-state index in [0.29, 0.717) is 5.69 Å². The SMILES string of the molecule is CC(C)(C)c1nc(-c2cccc(NS(=O)c3cc(F)ccc3F)c2F)c(-c2ccncc2)s1. The van der Waals surface area contributed by atoms with Crippen LogP contribution in [0.3, 0.4) is 0 Å². The molecule has 0 aliphatic heterocycles. The van der Waals surface area contributed by atoms with E-state index in [2.05, 4.69) is 9.71 Å². The van der Waals surface area contributed by atoms with Crippen LogP contribution in [0.1, 0.15) is 25.8 Å². The average molecular weight is 488 g/mol. The number of aromatic nitrogens is 2. The average Bonchev–Trinajstić information content (AvgIpc) is 3.23. The van der Waals surface area contributed by atoms with Gasteiger partial charge in [-0.05, 0) is 48.0 Å². The first kappa shape index (κ1) is 23.1. The third kappa shape index (κ3) is 4.84. The Morgan fingerprint density at radius 1 is 1.00 bits per heavy atom. The smallest absolute Gasteiger partial charge is 0.156 e. The topological polar surface area (TPSA) is 54.9 Å². The molecule has 1 atom stereocenters. The van der Waals surface area contributed by atoms with Crippen LogP contribution >= 0.6 is 11.3 Å². The molecule has 0 radical (unpaired) electrons. The van der Waals surface area contributed by atoms with Crippen LogP contribution in [0.15, 0.2) is 65.8 Å². The summed E-state index contributed by atoms with van der Waals surface area (Å²) in [7, 11) is -2.21. The van der Waals surface area contributed by atoms with Crippen LogP contribution in [0, 0.1) is 17.5 Å². The van der Waals surface area contributed by atoms with Gasteiger partial charge in [-0.3, -0.25) is 9.71 Å². The first-order valence-corrected chi connectivity index (χ1v) is 12.0. The van der Waals surface area contributed by atoms with E-state index >= 15 is 4.39 Å². The summed E-state index contributed by atoms with van der Waals surface area (Å²) in [4.78, 5) is 9.15. The van der Waals surface area contributed by atoms with Crippen LogP contribution in [0.2, 0.25) is 0 Å². The molecule has 2 heterocycles. The van der Waals surface area contributed by atoms with E-state index in [-0.39, 0.29) is 16.7 Å². The lowest BCUT2D eigenvalue weighted by molar-refractivity contribution is 0.572. The largest absolute Gasteiger partial charge is 0.298 e. The predicted octanol–water partition coefficient (Wildman–Crippen LogP) is 6.72. The van der Waals surface area contributed by atoms with E-state index < -0.39 is 33.3 Å². The van der Waals surface area contributed by atoms with Crippen molar-refractivity contribution in [2.75, 3.05) is 4.72 Å². The van der Waals surface area contributed by atoms with Crippen molar-refractivity contribution in [1.82, 2.24) is 9.97 Å². The fourth-order valence-corrected chi connectivity index (χ4v) is 5.17. The van der Waals surface area contributed by atoms with Crippen LogP contribution in [0.25, 0.3) is 21.7 Å². The van der Waals surface area contributed by atoms with Crippen molar-refractivity contribution >= 4 is 28.0 Å². The molecule has 0 spiro atoms. The minimum absolute atomic E-state index is 0.111. The zero-order chi connectivity index (χ0) is 23.8. The lowest BCUT2D eigenvalue weighted by atomic mass is 9.98. The van der Waals surface area contributed by atoms with Crippen molar-refractivity contribution < 1.29 is 17.4 Å². The van der Waals surface area contributed by atoms with E-state index in [1.165, 1.54) is 17.4 Å². The fraction of sp³-hybridized carbons (Fsp3) is 0.167. The molecule has 0 saturated heterocycles. The minimum atomic E-state index is -2.21. The van der Waals surface area contributed by atoms with Gasteiger partial charge in [-0.15, -0.1) is 11.3 Å². The van der Waals surface area contributed by atoms with Crippen molar-refractivity contribution in [3.8, 4) is 21.7 Å². The number of nitrogens with one attached hydrogen (secondary N) is 1. The number of nitrogens with zero attached hydrogens (tertiary/aromatic N) is 2. The Morgan fingerprint density at radius 2 is 1.73 bits per heavy atom. The summed E-state index contributed by atoms with van der Waals surface area (Å²) >= 11 is 1.47. The molecule has 1 N–H and O–H groups in total. The minimum Gasteiger partial charge on any atom is -0.298 e. The Hall–Kier alpha value is -3.04. The molecule has 1 unspecified atom stereocenters. The van der Waals surface area contributed by atoms with Gasteiger partial charge < -0.3 is 0 Å². The summed E-state index contributed by atoms with van der Waals surface area (Å²) in [5.74, 6) is -2.29. The van der Waals surface area contributed by atoms with Gasteiger partial charge in [0.25, 0.3) is 0 Å². The first-order valence-electron chi connectivity index (χ1n) is 9.99. The molecule has 0 fully saturated rings. The van der Waals surface area contributed by atoms with Gasteiger partial charge in [0, 0.05) is 23.4 Å². The third-order valence-corrected chi connectivity index (χ3v) is 7.41. The lowest BCUT2D eigenvalue weighted by Gasteiger charge is -2.13. The van der Waals surface area contributed by atoms with Crippen LogP contribution in [-0.4, -0.2) is 14.2 Å². The molecule has 0 saturated carbocycles. The summed E-state index contributed by atoms with van der Waals surface area (Å²) < 4.78 is 58.2. The highest BCUT2D eigenvalue weighted by molar-refractivity contribution is 7.86. The van der Waals surface area contributed by atoms with E-state index in [1.807, 2.05) is 32.9 Å². The molecule has 0 aliphatic rings. The monoisotopic (exact) mass is 487 g/mol. The number of benzene rings is 2. The normalized spacial score (nSPS) is 12.5.